The fraction of sp³-hybridized carbons (Fsp3) is 0.0909. The van der Waals surface area contributed by atoms with Crippen LogP contribution in [0.1, 0.15) is 0 Å². The zero-order valence-electron chi connectivity index (χ0n) is 8.97. The van der Waals surface area contributed by atoms with E-state index in [1.807, 2.05) is 0 Å². The summed E-state index contributed by atoms with van der Waals surface area (Å²) in [7, 11) is 0. The van der Waals surface area contributed by atoms with Crippen molar-refractivity contribution < 1.29 is 28.2 Å². The number of hydrogen-bond acceptors (Lipinski definition) is 3. The number of halogens is 2. The van der Waals surface area contributed by atoms with Gasteiger partial charge in [0.25, 0.3) is 0 Å². The molecule has 0 saturated carbocycles. The average Bonchev–Trinajstić information content (AvgIpc) is 2.26. The summed E-state index contributed by atoms with van der Waals surface area (Å²) >= 11 is 0. The van der Waals surface area contributed by atoms with Gasteiger partial charge in [-0.15, -0.1) is 0 Å². The first-order valence-electron chi connectivity index (χ1n) is 4.74. The van der Waals surface area contributed by atoms with Crippen LogP contribution >= 0.6 is 0 Å². The number of ether oxygens (including phenoxy) is 1. The van der Waals surface area contributed by atoms with Gasteiger partial charge < -0.3 is 15.2 Å². The lowest BCUT2D eigenvalue weighted by Gasteiger charge is -2.06. The summed E-state index contributed by atoms with van der Waals surface area (Å²) in [5, 5.41) is 10.6. The fourth-order valence-corrected chi connectivity index (χ4v) is 1.08. The van der Waals surface area contributed by atoms with Gasteiger partial charge in [-0.05, 0) is 12.1 Å². The van der Waals surface area contributed by atoms with Gasteiger partial charge in [0.15, 0.2) is 0 Å². The van der Waals surface area contributed by atoms with E-state index >= 15 is 0 Å². The monoisotopic (exact) mass is 257 g/mol. The van der Waals surface area contributed by atoms with Crippen LogP contribution in [0.25, 0.3) is 0 Å². The van der Waals surface area contributed by atoms with Crippen molar-refractivity contribution in [3.05, 3.63) is 36.4 Å². The molecule has 18 heavy (non-hydrogen) atoms. The first kappa shape index (κ1) is 13.6. The van der Waals surface area contributed by atoms with Crippen molar-refractivity contribution in [3.8, 4) is 5.75 Å². The van der Waals surface area contributed by atoms with Crippen LogP contribution in [0.2, 0.25) is 0 Å². The molecule has 5 nitrogen and oxygen atoms in total. The SMILES string of the molecule is O=C(O)/C=C/C(=O)Nc1cccc(OC(F)F)c1. The summed E-state index contributed by atoms with van der Waals surface area (Å²) < 4.78 is 28.0. The highest BCUT2D eigenvalue weighted by atomic mass is 19.3. The van der Waals surface area contributed by atoms with E-state index in [4.69, 9.17) is 5.11 Å². The van der Waals surface area contributed by atoms with Crippen LogP contribution in [0.3, 0.4) is 0 Å². The van der Waals surface area contributed by atoms with Crippen molar-refractivity contribution in [1.82, 2.24) is 0 Å². The Labute approximate surface area is 101 Å². The molecule has 0 saturated heterocycles. The molecule has 0 aromatic heterocycles. The molecule has 1 rings (SSSR count). The zero-order valence-corrected chi connectivity index (χ0v) is 8.97. The molecule has 0 aliphatic heterocycles. The smallest absolute Gasteiger partial charge is 0.387 e. The summed E-state index contributed by atoms with van der Waals surface area (Å²) in [5.74, 6) is -2.06. The van der Waals surface area contributed by atoms with E-state index in [0.29, 0.717) is 6.08 Å². The second kappa shape index (κ2) is 6.33. The highest BCUT2D eigenvalue weighted by Gasteiger charge is 2.05. The normalized spacial score (nSPS) is 10.6. The number of rotatable bonds is 5. The molecule has 1 aromatic rings. The summed E-state index contributed by atoms with van der Waals surface area (Å²) in [6.07, 6.45) is 1.47. The minimum Gasteiger partial charge on any atom is -0.478 e. The van der Waals surface area contributed by atoms with Crippen LogP contribution in [0, 0.1) is 0 Å². The maximum Gasteiger partial charge on any atom is 0.387 e. The molecule has 7 heteroatoms. The number of carboxylic acids is 1. The minimum absolute atomic E-state index is 0.106. The standard InChI is InChI=1S/C11H9F2NO4/c12-11(13)18-8-3-1-2-7(6-8)14-9(15)4-5-10(16)17/h1-6,11H,(H,14,15)(H,16,17)/b5-4+. The zero-order chi connectivity index (χ0) is 13.5. The molecule has 0 radical (unpaired) electrons. The molecular weight excluding hydrogens is 248 g/mol. The third-order valence-corrected chi connectivity index (χ3v) is 1.70. The van der Waals surface area contributed by atoms with E-state index in [1.165, 1.54) is 24.3 Å². The number of anilines is 1. The Morgan fingerprint density at radius 3 is 2.67 bits per heavy atom. The van der Waals surface area contributed by atoms with Gasteiger partial charge in [0.1, 0.15) is 5.75 Å². The second-order valence-electron chi connectivity index (χ2n) is 3.07. The third-order valence-electron chi connectivity index (χ3n) is 1.70. The summed E-state index contributed by atoms with van der Waals surface area (Å²) in [6, 6.07) is 5.35. The Hall–Kier alpha value is -2.44. The number of aliphatic carboxylic acids is 1. The number of nitrogens with one attached hydrogen (secondary N) is 1. The molecule has 1 aromatic carbocycles. The van der Waals surface area contributed by atoms with Crippen molar-refractivity contribution in [3.63, 3.8) is 0 Å². The molecule has 96 valence electrons. The summed E-state index contributed by atoms with van der Waals surface area (Å²) in [4.78, 5) is 21.4. The Balaban J connectivity index is 2.67. The first-order chi connectivity index (χ1) is 8.47. The molecule has 0 aliphatic carbocycles. The lowest BCUT2D eigenvalue weighted by atomic mass is 10.3. The molecule has 1 amide bonds. The molecule has 0 atom stereocenters. The molecule has 0 spiro atoms. The quantitative estimate of drug-likeness (QED) is 0.789. The number of carboxylic acid groups (broad SMARTS) is 1. The van der Waals surface area contributed by atoms with Crippen molar-refractivity contribution >= 4 is 17.6 Å². The lowest BCUT2D eigenvalue weighted by molar-refractivity contribution is -0.131. The van der Waals surface area contributed by atoms with Gasteiger partial charge in [-0.1, -0.05) is 6.07 Å². The van der Waals surface area contributed by atoms with E-state index in [1.54, 1.807) is 0 Å². The van der Waals surface area contributed by atoms with Gasteiger partial charge in [0, 0.05) is 23.9 Å². The van der Waals surface area contributed by atoms with Crippen molar-refractivity contribution in [2.75, 3.05) is 5.32 Å². The van der Waals surface area contributed by atoms with Crippen LogP contribution in [0.5, 0.6) is 5.75 Å². The Kier molecular flexibility index (Phi) is 4.79. The van der Waals surface area contributed by atoms with E-state index < -0.39 is 18.5 Å². The molecule has 0 unspecified atom stereocenters. The van der Waals surface area contributed by atoms with E-state index in [0.717, 1.165) is 6.08 Å². The number of carbonyl (C=O) groups excluding carboxylic acids is 1. The minimum atomic E-state index is -2.96. The molecule has 0 bridgehead atoms. The highest BCUT2D eigenvalue weighted by Crippen LogP contribution is 2.19. The van der Waals surface area contributed by atoms with Gasteiger partial charge >= 0.3 is 12.6 Å². The van der Waals surface area contributed by atoms with Gasteiger partial charge in [-0.25, -0.2) is 4.79 Å². The number of benzene rings is 1. The third kappa shape index (κ3) is 5.06. The molecule has 2 N–H and O–H groups in total. The maximum atomic E-state index is 11.9. The topological polar surface area (TPSA) is 75.6 Å². The number of alkyl halides is 2. The molecule has 0 aliphatic rings. The number of amides is 1. The Morgan fingerprint density at radius 2 is 2.06 bits per heavy atom. The summed E-state index contributed by atoms with van der Waals surface area (Å²) in [5.41, 5.74) is 0.216. The first-order valence-corrected chi connectivity index (χ1v) is 4.74. The van der Waals surface area contributed by atoms with Crippen molar-refractivity contribution in [2.45, 2.75) is 6.61 Å². The van der Waals surface area contributed by atoms with Gasteiger partial charge in [-0.2, -0.15) is 8.78 Å². The number of carbonyl (C=O) groups is 2. The predicted molar refractivity (Wildman–Crippen MR) is 58.5 cm³/mol. The largest absolute Gasteiger partial charge is 0.478 e. The van der Waals surface area contributed by atoms with Crippen molar-refractivity contribution in [2.24, 2.45) is 0 Å². The van der Waals surface area contributed by atoms with Crippen LogP contribution in [0.4, 0.5) is 14.5 Å². The van der Waals surface area contributed by atoms with Crippen LogP contribution in [0.15, 0.2) is 36.4 Å². The van der Waals surface area contributed by atoms with Crippen LogP contribution in [-0.4, -0.2) is 23.6 Å². The molecular formula is C11H9F2NO4. The molecule has 0 heterocycles. The average molecular weight is 257 g/mol. The highest BCUT2D eigenvalue weighted by molar-refractivity contribution is 6.02. The van der Waals surface area contributed by atoms with Crippen LogP contribution < -0.4 is 10.1 Å². The lowest BCUT2D eigenvalue weighted by Crippen LogP contribution is -2.09. The van der Waals surface area contributed by atoms with E-state index in [-0.39, 0.29) is 11.4 Å². The Morgan fingerprint density at radius 1 is 1.33 bits per heavy atom. The predicted octanol–water partition coefficient (Wildman–Crippen LogP) is 1.87. The summed E-state index contributed by atoms with van der Waals surface area (Å²) in [6.45, 7) is -2.96. The van der Waals surface area contributed by atoms with Crippen LogP contribution in [-0.2, 0) is 9.59 Å². The second-order valence-corrected chi connectivity index (χ2v) is 3.07. The van der Waals surface area contributed by atoms with E-state index in [9.17, 15) is 18.4 Å². The van der Waals surface area contributed by atoms with Crippen molar-refractivity contribution in [1.29, 1.82) is 0 Å². The van der Waals surface area contributed by atoms with E-state index in [2.05, 4.69) is 10.1 Å². The Bertz CT molecular complexity index is 474. The molecule has 0 fully saturated rings. The number of hydrogen-bond donors (Lipinski definition) is 2. The van der Waals surface area contributed by atoms with Gasteiger partial charge in [0.2, 0.25) is 5.91 Å². The fourth-order valence-electron chi connectivity index (χ4n) is 1.08. The van der Waals surface area contributed by atoms with Gasteiger partial charge in [-0.3, -0.25) is 4.79 Å². The maximum absolute atomic E-state index is 11.9. The van der Waals surface area contributed by atoms with Gasteiger partial charge in [0.05, 0.1) is 0 Å².